The van der Waals surface area contributed by atoms with E-state index in [9.17, 15) is 4.39 Å². The Kier molecular flexibility index (Phi) is 5.80. The largest absolute Gasteiger partial charge is 0.376 e. The number of ether oxygens (including phenoxy) is 1. The Morgan fingerprint density at radius 2 is 2.30 bits per heavy atom. The minimum atomic E-state index is -0.174. The highest BCUT2D eigenvalue weighted by Crippen LogP contribution is 2.23. The van der Waals surface area contributed by atoms with Gasteiger partial charge in [0.2, 0.25) is 0 Å². The van der Waals surface area contributed by atoms with Crippen LogP contribution < -0.4 is 10.2 Å². The first-order valence-electron chi connectivity index (χ1n) is 7.52. The zero-order chi connectivity index (χ0) is 14.4. The van der Waals surface area contributed by atoms with Gasteiger partial charge in [0.1, 0.15) is 5.82 Å². The van der Waals surface area contributed by atoms with Crippen molar-refractivity contribution in [1.29, 1.82) is 0 Å². The highest BCUT2D eigenvalue weighted by Gasteiger charge is 2.19. The SMILES string of the molecule is CCCNCc1cc(F)ccc1N(C)CC1CCCO1. The molecule has 1 N–H and O–H groups in total. The first-order chi connectivity index (χ1) is 9.70. The summed E-state index contributed by atoms with van der Waals surface area (Å²) in [6.07, 6.45) is 3.65. The molecule has 1 unspecified atom stereocenters. The molecule has 0 radical (unpaired) electrons. The molecule has 20 heavy (non-hydrogen) atoms. The van der Waals surface area contributed by atoms with Crippen LogP contribution in [0.1, 0.15) is 31.7 Å². The van der Waals surface area contributed by atoms with E-state index in [1.54, 1.807) is 6.07 Å². The lowest BCUT2D eigenvalue weighted by Crippen LogP contribution is -2.30. The Morgan fingerprint density at radius 1 is 1.45 bits per heavy atom. The number of benzene rings is 1. The topological polar surface area (TPSA) is 24.5 Å². The molecule has 0 saturated carbocycles. The molecule has 1 aromatic carbocycles. The number of nitrogens with zero attached hydrogens (tertiary/aromatic N) is 1. The molecule has 0 aromatic heterocycles. The molecule has 1 saturated heterocycles. The molecular weight excluding hydrogens is 255 g/mol. The molecule has 1 fully saturated rings. The smallest absolute Gasteiger partial charge is 0.123 e. The van der Waals surface area contributed by atoms with Crippen molar-refractivity contribution in [2.75, 3.05) is 31.6 Å². The lowest BCUT2D eigenvalue weighted by atomic mass is 10.1. The molecule has 0 aliphatic carbocycles. The molecule has 1 aliphatic heterocycles. The average Bonchev–Trinajstić information content (AvgIpc) is 2.92. The summed E-state index contributed by atoms with van der Waals surface area (Å²) in [6.45, 7) is 5.52. The molecule has 112 valence electrons. The van der Waals surface area contributed by atoms with Crippen LogP contribution in [0.15, 0.2) is 18.2 Å². The van der Waals surface area contributed by atoms with Gasteiger partial charge in [0, 0.05) is 32.4 Å². The quantitative estimate of drug-likeness (QED) is 0.777. The molecular formula is C16H25FN2O. The molecule has 4 heteroatoms. The second-order valence-corrected chi connectivity index (χ2v) is 5.47. The fraction of sp³-hybridized carbons (Fsp3) is 0.625. The molecule has 1 aromatic rings. The number of likely N-dealkylation sites (N-methyl/N-ethyl adjacent to an activating group) is 1. The molecule has 3 nitrogen and oxygen atoms in total. The van der Waals surface area contributed by atoms with Crippen LogP contribution in [-0.4, -0.2) is 32.8 Å². The van der Waals surface area contributed by atoms with E-state index in [-0.39, 0.29) is 5.82 Å². The zero-order valence-electron chi connectivity index (χ0n) is 12.5. The summed E-state index contributed by atoms with van der Waals surface area (Å²) in [5.74, 6) is -0.174. The van der Waals surface area contributed by atoms with E-state index in [2.05, 4.69) is 24.2 Å². The van der Waals surface area contributed by atoms with Gasteiger partial charge in [-0.15, -0.1) is 0 Å². The van der Waals surface area contributed by atoms with E-state index in [0.717, 1.165) is 50.2 Å². The molecule has 0 spiro atoms. The number of hydrogen-bond acceptors (Lipinski definition) is 3. The summed E-state index contributed by atoms with van der Waals surface area (Å²) in [7, 11) is 2.05. The fourth-order valence-corrected chi connectivity index (χ4v) is 2.66. The first-order valence-corrected chi connectivity index (χ1v) is 7.52. The van der Waals surface area contributed by atoms with Gasteiger partial charge in [0.25, 0.3) is 0 Å². The Balaban J connectivity index is 2.03. The first kappa shape index (κ1) is 15.3. The Morgan fingerprint density at radius 3 is 3.00 bits per heavy atom. The van der Waals surface area contributed by atoms with Gasteiger partial charge in [-0.05, 0) is 49.6 Å². The van der Waals surface area contributed by atoms with Crippen LogP contribution in [0.4, 0.5) is 10.1 Å². The van der Waals surface area contributed by atoms with Crippen molar-refractivity contribution < 1.29 is 9.13 Å². The molecule has 0 bridgehead atoms. The van der Waals surface area contributed by atoms with Gasteiger partial charge in [-0.1, -0.05) is 6.92 Å². The predicted octanol–water partition coefficient (Wildman–Crippen LogP) is 2.94. The van der Waals surface area contributed by atoms with Gasteiger partial charge in [0.15, 0.2) is 0 Å². The van der Waals surface area contributed by atoms with Crippen molar-refractivity contribution in [2.24, 2.45) is 0 Å². The van der Waals surface area contributed by atoms with Crippen molar-refractivity contribution in [3.8, 4) is 0 Å². The molecule has 1 atom stereocenters. The molecule has 1 aliphatic rings. The Hall–Kier alpha value is -1.13. The number of anilines is 1. The highest BCUT2D eigenvalue weighted by molar-refractivity contribution is 5.53. The number of hydrogen-bond donors (Lipinski definition) is 1. The van der Waals surface area contributed by atoms with Gasteiger partial charge in [-0.2, -0.15) is 0 Å². The van der Waals surface area contributed by atoms with Crippen LogP contribution in [-0.2, 0) is 11.3 Å². The van der Waals surface area contributed by atoms with Crippen LogP contribution >= 0.6 is 0 Å². The van der Waals surface area contributed by atoms with Crippen molar-refractivity contribution >= 4 is 5.69 Å². The van der Waals surface area contributed by atoms with E-state index in [0.29, 0.717) is 12.6 Å². The maximum Gasteiger partial charge on any atom is 0.123 e. The summed E-state index contributed by atoms with van der Waals surface area (Å²) < 4.78 is 19.1. The third-order valence-electron chi connectivity index (χ3n) is 3.70. The Bertz CT molecular complexity index is 419. The van der Waals surface area contributed by atoms with Crippen LogP contribution in [0.5, 0.6) is 0 Å². The standard InChI is InChI=1S/C16H25FN2O/c1-3-8-18-11-13-10-14(17)6-7-16(13)19(2)12-15-5-4-9-20-15/h6-7,10,15,18H,3-5,8-9,11-12H2,1-2H3. The summed E-state index contributed by atoms with van der Waals surface area (Å²) in [5, 5.41) is 3.34. The third kappa shape index (κ3) is 4.18. The summed E-state index contributed by atoms with van der Waals surface area (Å²) in [4.78, 5) is 2.18. The lowest BCUT2D eigenvalue weighted by Gasteiger charge is -2.25. The number of rotatable bonds is 7. The van der Waals surface area contributed by atoms with Gasteiger partial charge in [0.05, 0.1) is 6.10 Å². The van der Waals surface area contributed by atoms with E-state index in [1.165, 1.54) is 6.07 Å². The van der Waals surface area contributed by atoms with Gasteiger partial charge in [-0.3, -0.25) is 0 Å². The zero-order valence-corrected chi connectivity index (χ0v) is 12.5. The van der Waals surface area contributed by atoms with Crippen LogP contribution in [0.3, 0.4) is 0 Å². The van der Waals surface area contributed by atoms with Crippen LogP contribution in [0.25, 0.3) is 0 Å². The van der Waals surface area contributed by atoms with Crippen molar-refractivity contribution in [3.63, 3.8) is 0 Å². The van der Waals surface area contributed by atoms with Crippen LogP contribution in [0, 0.1) is 5.82 Å². The maximum absolute atomic E-state index is 13.5. The fourth-order valence-electron chi connectivity index (χ4n) is 2.66. The summed E-state index contributed by atoms with van der Waals surface area (Å²) in [6, 6.07) is 5.03. The normalized spacial score (nSPS) is 18.4. The van der Waals surface area contributed by atoms with E-state index >= 15 is 0 Å². The van der Waals surface area contributed by atoms with E-state index in [4.69, 9.17) is 4.74 Å². The van der Waals surface area contributed by atoms with Gasteiger partial charge < -0.3 is 15.0 Å². The van der Waals surface area contributed by atoms with Gasteiger partial charge in [-0.25, -0.2) is 4.39 Å². The molecule has 2 rings (SSSR count). The summed E-state index contributed by atoms with van der Waals surface area (Å²) >= 11 is 0. The maximum atomic E-state index is 13.5. The van der Waals surface area contributed by atoms with E-state index < -0.39 is 0 Å². The third-order valence-corrected chi connectivity index (χ3v) is 3.70. The number of halogens is 1. The van der Waals surface area contributed by atoms with Crippen molar-refractivity contribution in [1.82, 2.24) is 5.32 Å². The second kappa shape index (κ2) is 7.60. The monoisotopic (exact) mass is 280 g/mol. The molecule has 0 amide bonds. The summed E-state index contributed by atoms with van der Waals surface area (Å²) in [5.41, 5.74) is 2.10. The van der Waals surface area contributed by atoms with Crippen LogP contribution in [0.2, 0.25) is 0 Å². The minimum absolute atomic E-state index is 0.174. The van der Waals surface area contributed by atoms with Gasteiger partial charge >= 0.3 is 0 Å². The van der Waals surface area contributed by atoms with E-state index in [1.807, 2.05) is 6.07 Å². The van der Waals surface area contributed by atoms with Crippen molar-refractivity contribution in [3.05, 3.63) is 29.6 Å². The minimum Gasteiger partial charge on any atom is -0.376 e. The predicted molar refractivity (Wildman–Crippen MR) is 80.6 cm³/mol. The lowest BCUT2D eigenvalue weighted by molar-refractivity contribution is 0.116. The van der Waals surface area contributed by atoms with Crippen molar-refractivity contribution in [2.45, 2.75) is 38.8 Å². The second-order valence-electron chi connectivity index (χ2n) is 5.47. The highest BCUT2D eigenvalue weighted by atomic mass is 19.1. The Labute approximate surface area is 121 Å². The molecule has 1 heterocycles. The number of nitrogens with one attached hydrogen (secondary N) is 1. The average molecular weight is 280 g/mol.